The summed E-state index contributed by atoms with van der Waals surface area (Å²) in [7, 11) is 0. The van der Waals surface area contributed by atoms with Crippen LogP contribution >= 0.6 is 39.1 Å². The summed E-state index contributed by atoms with van der Waals surface area (Å²) in [6.07, 6.45) is -4.42. The van der Waals surface area contributed by atoms with Gasteiger partial charge in [0, 0.05) is 20.9 Å². The largest absolute Gasteiger partial charge is 0.416 e. The van der Waals surface area contributed by atoms with Gasteiger partial charge >= 0.3 is 6.18 Å². The maximum absolute atomic E-state index is 12.9. The Labute approximate surface area is 132 Å². The first-order valence-corrected chi connectivity index (χ1v) is 7.42. The predicted molar refractivity (Wildman–Crippen MR) is 79.5 cm³/mol. The Balaban J connectivity index is 2.68. The molecule has 0 amide bonds. The molecule has 0 N–H and O–H groups in total. The molecule has 106 valence electrons. The van der Waals surface area contributed by atoms with E-state index in [1.54, 1.807) is 24.3 Å². The standard InChI is InChI=1S/C14H8BrCl2F3/c15-7-8-4-9(6-10(5-8)14(18,19)20)13-11(16)2-1-3-12(13)17/h1-6H,7H2. The van der Waals surface area contributed by atoms with Crippen LogP contribution in [0.15, 0.2) is 36.4 Å². The molecule has 0 saturated carbocycles. The Bertz CT molecular complexity index is 619. The minimum atomic E-state index is -4.42. The number of benzene rings is 2. The average Bonchev–Trinajstić information content (AvgIpc) is 2.37. The summed E-state index contributed by atoms with van der Waals surface area (Å²) < 4.78 is 38.8. The van der Waals surface area contributed by atoms with Gasteiger partial charge in [0.2, 0.25) is 0 Å². The second-order valence-corrected chi connectivity index (χ2v) is 5.52. The van der Waals surface area contributed by atoms with Crippen molar-refractivity contribution in [2.45, 2.75) is 11.5 Å². The lowest BCUT2D eigenvalue weighted by Crippen LogP contribution is -2.06. The van der Waals surface area contributed by atoms with E-state index in [0.717, 1.165) is 12.1 Å². The molecule has 0 bridgehead atoms. The SMILES string of the molecule is FC(F)(F)c1cc(CBr)cc(-c2c(Cl)cccc2Cl)c1. The smallest absolute Gasteiger partial charge is 0.166 e. The first-order valence-electron chi connectivity index (χ1n) is 5.54. The first kappa shape index (κ1) is 15.7. The zero-order valence-electron chi connectivity index (χ0n) is 9.94. The van der Waals surface area contributed by atoms with Crippen molar-refractivity contribution in [2.24, 2.45) is 0 Å². The average molecular weight is 384 g/mol. The molecule has 2 aromatic rings. The van der Waals surface area contributed by atoms with Gasteiger partial charge in [-0.1, -0.05) is 51.3 Å². The fourth-order valence-corrected chi connectivity index (χ4v) is 2.79. The van der Waals surface area contributed by atoms with E-state index in [0.29, 0.717) is 32.1 Å². The van der Waals surface area contributed by atoms with Crippen molar-refractivity contribution >= 4 is 39.1 Å². The lowest BCUT2D eigenvalue weighted by molar-refractivity contribution is -0.137. The molecule has 0 radical (unpaired) electrons. The highest BCUT2D eigenvalue weighted by Gasteiger charge is 2.31. The van der Waals surface area contributed by atoms with Crippen molar-refractivity contribution < 1.29 is 13.2 Å². The van der Waals surface area contributed by atoms with Crippen molar-refractivity contribution in [3.8, 4) is 11.1 Å². The number of rotatable bonds is 2. The molecule has 0 aliphatic rings. The third-order valence-electron chi connectivity index (χ3n) is 2.73. The Morgan fingerprint density at radius 2 is 1.60 bits per heavy atom. The van der Waals surface area contributed by atoms with Gasteiger partial charge in [-0.3, -0.25) is 0 Å². The molecule has 0 saturated heterocycles. The van der Waals surface area contributed by atoms with Gasteiger partial charge in [0.15, 0.2) is 0 Å². The third-order valence-corrected chi connectivity index (χ3v) is 4.00. The topological polar surface area (TPSA) is 0 Å². The van der Waals surface area contributed by atoms with Gasteiger partial charge in [0.25, 0.3) is 0 Å². The van der Waals surface area contributed by atoms with E-state index in [-0.39, 0.29) is 0 Å². The second-order valence-electron chi connectivity index (χ2n) is 4.15. The summed E-state index contributed by atoms with van der Waals surface area (Å²) in [5.74, 6) is 0. The van der Waals surface area contributed by atoms with E-state index in [2.05, 4.69) is 15.9 Å². The summed E-state index contributed by atoms with van der Waals surface area (Å²) in [5, 5.41) is 0.945. The normalized spacial score (nSPS) is 11.7. The fraction of sp³-hybridized carbons (Fsp3) is 0.143. The van der Waals surface area contributed by atoms with E-state index < -0.39 is 11.7 Å². The van der Waals surface area contributed by atoms with Crippen molar-refractivity contribution in [2.75, 3.05) is 0 Å². The van der Waals surface area contributed by atoms with Crippen LogP contribution in [0.4, 0.5) is 13.2 Å². The lowest BCUT2D eigenvalue weighted by atomic mass is 10.00. The predicted octanol–water partition coefficient (Wildman–Crippen LogP) is 6.57. The molecule has 0 fully saturated rings. The van der Waals surface area contributed by atoms with E-state index in [4.69, 9.17) is 23.2 Å². The monoisotopic (exact) mass is 382 g/mol. The zero-order chi connectivity index (χ0) is 14.9. The summed E-state index contributed by atoms with van der Waals surface area (Å²) in [4.78, 5) is 0. The van der Waals surface area contributed by atoms with Crippen molar-refractivity contribution in [3.63, 3.8) is 0 Å². The molecule has 2 rings (SSSR count). The third kappa shape index (κ3) is 3.30. The molecule has 0 atom stereocenters. The fourth-order valence-electron chi connectivity index (χ4n) is 1.85. The Hall–Kier alpha value is -0.710. The van der Waals surface area contributed by atoms with Crippen LogP contribution in [0.2, 0.25) is 10.0 Å². The summed E-state index contributed by atoms with van der Waals surface area (Å²) >= 11 is 15.3. The van der Waals surface area contributed by atoms with Gasteiger partial charge in [0.05, 0.1) is 5.56 Å². The number of halogens is 6. The Morgan fingerprint density at radius 3 is 2.10 bits per heavy atom. The van der Waals surface area contributed by atoms with Crippen LogP contribution in [0.3, 0.4) is 0 Å². The Kier molecular flexibility index (Phi) is 4.67. The molecule has 0 aliphatic heterocycles. The van der Waals surface area contributed by atoms with Gasteiger partial charge in [-0.15, -0.1) is 0 Å². The molecule has 0 spiro atoms. The minimum absolute atomic E-state index is 0.311. The van der Waals surface area contributed by atoms with Crippen molar-refractivity contribution in [1.29, 1.82) is 0 Å². The van der Waals surface area contributed by atoms with E-state index in [9.17, 15) is 13.2 Å². The summed E-state index contributed by atoms with van der Waals surface area (Å²) in [5.41, 5.74) is 0.542. The quantitative estimate of drug-likeness (QED) is 0.514. The molecule has 0 aliphatic carbocycles. The number of hydrogen-bond donors (Lipinski definition) is 0. The van der Waals surface area contributed by atoms with Crippen LogP contribution in [-0.2, 0) is 11.5 Å². The van der Waals surface area contributed by atoms with Crippen molar-refractivity contribution in [1.82, 2.24) is 0 Å². The van der Waals surface area contributed by atoms with Gasteiger partial charge in [-0.25, -0.2) is 0 Å². The molecule has 0 nitrogen and oxygen atoms in total. The van der Waals surface area contributed by atoms with Gasteiger partial charge in [-0.05, 0) is 35.4 Å². The zero-order valence-corrected chi connectivity index (χ0v) is 13.0. The minimum Gasteiger partial charge on any atom is -0.166 e. The highest BCUT2D eigenvalue weighted by atomic mass is 79.9. The van der Waals surface area contributed by atoms with Crippen LogP contribution in [0.25, 0.3) is 11.1 Å². The highest BCUT2D eigenvalue weighted by molar-refractivity contribution is 9.08. The molecule has 0 heterocycles. The maximum atomic E-state index is 12.9. The van der Waals surface area contributed by atoms with Crippen LogP contribution in [-0.4, -0.2) is 0 Å². The van der Waals surface area contributed by atoms with Crippen LogP contribution in [0, 0.1) is 0 Å². The molecular weight excluding hydrogens is 376 g/mol. The summed E-state index contributed by atoms with van der Waals surface area (Å²) in [6, 6.07) is 8.63. The molecule has 2 aromatic carbocycles. The second kappa shape index (κ2) is 5.96. The van der Waals surface area contributed by atoms with Crippen LogP contribution < -0.4 is 0 Å². The van der Waals surface area contributed by atoms with Gasteiger partial charge < -0.3 is 0 Å². The summed E-state index contributed by atoms with van der Waals surface area (Å²) in [6.45, 7) is 0. The maximum Gasteiger partial charge on any atom is 0.416 e. The van der Waals surface area contributed by atoms with Crippen molar-refractivity contribution in [3.05, 3.63) is 57.6 Å². The molecular formula is C14H8BrCl2F3. The van der Waals surface area contributed by atoms with E-state index in [1.165, 1.54) is 0 Å². The highest BCUT2D eigenvalue weighted by Crippen LogP contribution is 2.39. The Morgan fingerprint density at radius 1 is 1.00 bits per heavy atom. The first-order chi connectivity index (χ1) is 9.32. The number of hydrogen-bond acceptors (Lipinski definition) is 0. The van der Waals surface area contributed by atoms with Gasteiger partial charge in [0.1, 0.15) is 0 Å². The van der Waals surface area contributed by atoms with E-state index >= 15 is 0 Å². The molecule has 20 heavy (non-hydrogen) atoms. The lowest BCUT2D eigenvalue weighted by Gasteiger charge is -2.13. The number of alkyl halides is 4. The molecule has 0 aromatic heterocycles. The molecule has 6 heteroatoms. The van der Waals surface area contributed by atoms with E-state index in [1.807, 2.05) is 0 Å². The van der Waals surface area contributed by atoms with Crippen LogP contribution in [0.1, 0.15) is 11.1 Å². The molecule has 0 unspecified atom stereocenters. The van der Waals surface area contributed by atoms with Crippen LogP contribution in [0.5, 0.6) is 0 Å². The van der Waals surface area contributed by atoms with Gasteiger partial charge in [-0.2, -0.15) is 13.2 Å².